The molecule has 0 aliphatic carbocycles. The summed E-state index contributed by atoms with van der Waals surface area (Å²) in [6, 6.07) is 91.5. The Kier molecular flexibility index (Phi) is 8.60. The summed E-state index contributed by atoms with van der Waals surface area (Å²) in [5, 5.41) is 12.5. The molecular weight excluding hydrogens is 783 g/mol. The lowest BCUT2D eigenvalue weighted by Crippen LogP contribution is -1.94. The largest absolute Gasteiger partial charge is 0.309 e. The zero-order valence-corrected chi connectivity index (χ0v) is 35.6. The number of benzene rings is 12. The number of para-hydroxylation sites is 2. The summed E-state index contributed by atoms with van der Waals surface area (Å²) in [5.74, 6) is 0. The van der Waals surface area contributed by atoms with Gasteiger partial charge < -0.3 is 4.57 Å². The Balaban J connectivity index is 0.968. The van der Waals surface area contributed by atoms with Crippen molar-refractivity contribution in [2.45, 2.75) is 0 Å². The van der Waals surface area contributed by atoms with E-state index in [1.54, 1.807) is 0 Å². The Morgan fingerprint density at radius 2 is 0.477 bits per heavy atom. The third-order valence-corrected chi connectivity index (χ3v) is 13.6. The first kappa shape index (κ1) is 37.1. The van der Waals surface area contributed by atoms with Crippen molar-refractivity contribution in [1.29, 1.82) is 0 Å². The maximum Gasteiger partial charge on any atom is 0.0541 e. The second-order valence-corrected chi connectivity index (χ2v) is 17.1. The summed E-state index contributed by atoms with van der Waals surface area (Å²) in [5.41, 5.74) is 15.9. The van der Waals surface area contributed by atoms with Crippen LogP contribution in [0.4, 0.5) is 0 Å². The molecule has 1 heteroatoms. The first-order valence-electron chi connectivity index (χ1n) is 22.5. The minimum atomic E-state index is 1.16. The second kappa shape index (κ2) is 15.1. The summed E-state index contributed by atoms with van der Waals surface area (Å²) in [6.07, 6.45) is 0. The average molecular weight is 824 g/mol. The Hall–Kier alpha value is -8.52. The van der Waals surface area contributed by atoms with Gasteiger partial charge in [-0.1, -0.05) is 218 Å². The Bertz CT molecular complexity index is 3840. The highest BCUT2D eigenvalue weighted by Crippen LogP contribution is 2.47. The van der Waals surface area contributed by atoms with Crippen molar-refractivity contribution in [1.82, 2.24) is 4.57 Å². The van der Waals surface area contributed by atoms with Crippen LogP contribution >= 0.6 is 0 Å². The highest BCUT2D eigenvalue weighted by molar-refractivity contribution is 6.23. The molecule has 302 valence electrons. The van der Waals surface area contributed by atoms with Gasteiger partial charge in [-0.2, -0.15) is 0 Å². The summed E-state index contributed by atoms with van der Waals surface area (Å²) >= 11 is 0. The Morgan fingerprint density at radius 1 is 0.185 bits per heavy atom. The van der Waals surface area contributed by atoms with Crippen LogP contribution in [0.1, 0.15) is 0 Å². The molecule has 0 saturated carbocycles. The zero-order chi connectivity index (χ0) is 42.8. The van der Waals surface area contributed by atoms with Crippen molar-refractivity contribution in [3.63, 3.8) is 0 Å². The van der Waals surface area contributed by atoms with E-state index < -0.39 is 0 Å². The van der Waals surface area contributed by atoms with Gasteiger partial charge >= 0.3 is 0 Å². The quantitative estimate of drug-likeness (QED) is 0.147. The first-order chi connectivity index (χ1) is 32.3. The van der Waals surface area contributed by atoms with Gasteiger partial charge in [0, 0.05) is 16.5 Å². The van der Waals surface area contributed by atoms with Crippen molar-refractivity contribution in [3.05, 3.63) is 249 Å². The smallest absolute Gasteiger partial charge is 0.0541 e. The van der Waals surface area contributed by atoms with E-state index in [0.29, 0.717) is 0 Å². The minimum absolute atomic E-state index is 1.16. The van der Waals surface area contributed by atoms with E-state index in [1.807, 2.05) is 0 Å². The van der Waals surface area contributed by atoms with E-state index in [0.717, 1.165) is 5.69 Å². The fourth-order valence-electron chi connectivity index (χ4n) is 10.7. The van der Waals surface area contributed by atoms with Crippen molar-refractivity contribution in [2.24, 2.45) is 0 Å². The highest BCUT2D eigenvalue weighted by atomic mass is 15.0. The SMILES string of the molecule is c1ccc(-c2ccc3c(-c4ccc(-c5c6ccccc6c(-c6ccc(-n7c8ccccc8c8ccccc87)cc6)c6ccccc56)cc4)c4ccccc4c(-c4ccccc4)c3c2)cc1. The van der Waals surface area contributed by atoms with Crippen LogP contribution in [-0.2, 0) is 0 Å². The molecule has 0 bridgehead atoms. The lowest BCUT2D eigenvalue weighted by Gasteiger charge is -2.20. The van der Waals surface area contributed by atoms with Crippen LogP contribution in [0.25, 0.3) is 126 Å². The molecule has 0 fully saturated rings. The van der Waals surface area contributed by atoms with Gasteiger partial charge in [0.15, 0.2) is 0 Å². The summed E-state index contributed by atoms with van der Waals surface area (Å²) in [6.45, 7) is 0. The van der Waals surface area contributed by atoms with Gasteiger partial charge in [0.1, 0.15) is 0 Å². The van der Waals surface area contributed by atoms with Gasteiger partial charge in [0.2, 0.25) is 0 Å². The molecule has 13 rings (SSSR count). The molecule has 65 heavy (non-hydrogen) atoms. The second-order valence-electron chi connectivity index (χ2n) is 17.1. The van der Waals surface area contributed by atoms with Gasteiger partial charge in [-0.15, -0.1) is 0 Å². The van der Waals surface area contributed by atoms with E-state index in [1.165, 1.54) is 121 Å². The number of nitrogens with zero attached hydrogens (tertiary/aromatic N) is 1. The average Bonchev–Trinajstić information content (AvgIpc) is 3.72. The molecule has 12 aromatic carbocycles. The van der Waals surface area contributed by atoms with E-state index >= 15 is 0 Å². The molecule has 0 atom stereocenters. The summed E-state index contributed by atoms with van der Waals surface area (Å²) < 4.78 is 2.39. The summed E-state index contributed by atoms with van der Waals surface area (Å²) in [7, 11) is 0. The zero-order valence-electron chi connectivity index (χ0n) is 35.6. The first-order valence-corrected chi connectivity index (χ1v) is 22.5. The summed E-state index contributed by atoms with van der Waals surface area (Å²) in [4.78, 5) is 0. The minimum Gasteiger partial charge on any atom is -0.309 e. The van der Waals surface area contributed by atoms with Gasteiger partial charge in [-0.25, -0.2) is 0 Å². The van der Waals surface area contributed by atoms with Crippen molar-refractivity contribution >= 4 is 64.9 Å². The van der Waals surface area contributed by atoms with E-state index in [2.05, 4.69) is 253 Å². The van der Waals surface area contributed by atoms with Gasteiger partial charge in [0.25, 0.3) is 0 Å². The van der Waals surface area contributed by atoms with Gasteiger partial charge in [0.05, 0.1) is 11.0 Å². The number of aromatic nitrogens is 1. The lowest BCUT2D eigenvalue weighted by molar-refractivity contribution is 1.18. The monoisotopic (exact) mass is 823 g/mol. The normalized spacial score (nSPS) is 11.7. The van der Waals surface area contributed by atoms with Crippen molar-refractivity contribution in [2.75, 3.05) is 0 Å². The number of rotatable bonds is 6. The van der Waals surface area contributed by atoms with E-state index in [-0.39, 0.29) is 0 Å². The number of hydrogen-bond acceptors (Lipinski definition) is 0. The van der Waals surface area contributed by atoms with E-state index in [4.69, 9.17) is 0 Å². The molecule has 0 unspecified atom stereocenters. The van der Waals surface area contributed by atoms with Crippen LogP contribution < -0.4 is 0 Å². The maximum atomic E-state index is 2.40. The van der Waals surface area contributed by atoms with Crippen LogP contribution in [0.3, 0.4) is 0 Å². The predicted octanol–water partition coefficient (Wildman–Crippen LogP) is 17.7. The standard InChI is InChI=1S/C64H41N/c1-3-17-42(18-4-1)47-37-40-57-58(41-47)64(43-19-5-2-6-20-43)56-28-12-11-27-55(56)63(57)45-33-31-44(32-34-45)61-51-23-7-9-25-53(51)62(54-26-10-8-24-52(54)61)46-35-38-48(39-36-46)65-59-29-15-13-21-49(59)50-22-14-16-30-60(50)65/h1-41H. The molecule has 1 heterocycles. The molecule has 0 aliphatic heterocycles. The predicted molar refractivity (Wildman–Crippen MR) is 278 cm³/mol. The molecule has 1 aromatic heterocycles. The van der Waals surface area contributed by atoms with Gasteiger partial charge in [-0.05, 0) is 129 Å². The van der Waals surface area contributed by atoms with Crippen LogP contribution in [0, 0.1) is 0 Å². The molecule has 0 radical (unpaired) electrons. The number of hydrogen-bond donors (Lipinski definition) is 0. The Labute approximate surface area is 377 Å². The van der Waals surface area contributed by atoms with Crippen molar-refractivity contribution in [3.8, 4) is 61.3 Å². The fraction of sp³-hybridized carbons (Fsp3) is 0. The molecular formula is C64H41N. The topological polar surface area (TPSA) is 4.93 Å². The Morgan fingerprint density at radius 3 is 0.908 bits per heavy atom. The molecule has 0 saturated heterocycles. The number of fused-ring (bicyclic) bond motifs is 7. The molecule has 1 nitrogen and oxygen atoms in total. The van der Waals surface area contributed by atoms with Crippen LogP contribution in [-0.4, -0.2) is 4.57 Å². The third-order valence-electron chi connectivity index (χ3n) is 13.6. The third kappa shape index (κ3) is 5.94. The van der Waals surface area contributed by atoms with Gasteiger partial charge in [-0.3, -0.25) is 0 Å². The molecule has 0 amide bonds. The van der Waals surface area contributed by atoms with Crippen LogP contribution in [0.15, 0.2) is 249 Å². The highest BCUT2D eigenvalue weighted by Gasteiger charge is 2.20. The molecule has 0 aliphatic rings. The lowest BCUT2D eigenvalue weighted by atomic mass is 9.83. The molecule has 0 spiro atoms. The van der Waals surface area contributed by atoms with Crippen LogP contribution in [0.5, 0.6) is 0 Å². The maximum absolute atomic E-state index is 2.40. The van der Waals surface area contributed by atoms with Crippen molar-refractivity contribution < 1.29 is 0 Å². The molecule has 13 aromatic rings. The molecule has 0 N–H and O–H groups in total. The fourth-order valence-corrected chi connectivity index (χ4v) is 10.7. The van der Waals surface area contributed by atoms with Crippen LogP contribution in [0.2, 0.25) is 0 Å². The van der Waals surface area contributed by atoms with E-state index in [9.17, 15) is 0 Å².